The topological polar surface area (TPSA) is 18.5 Å². The first-order chi connectivity index (χ1) is 8.83. The summed E-state index contributed by atoms with van der Waals surface area (Å²) < 4.78 is 12.2. The molecule has 0 saturated heterocycles. The van der Waals surface area contributed by atoms with Gasteiger partial charge in [-0.15, -0.1) is 0 Å². The Kier molecular flexibility index (Phi) is 5.31. The molecule has 0 heterocycles. The average Bonchev–Trinajstić information content (AvgIpc) is 2.79. The van der Waals surface area contributed by atoms with Gasteiger partial charge in [-0.2, -0.15) is 0 Å². The zero-order chi connectivity index (χ0) is 12.8. The zero-order valence-corrected chi connectivity index (χ0v) is 12.8. The lowest BCUT2D eigenvalue weighted by atomic mass is 10.2. The Bertz CT molecular complexity index is 255. The lowest BCUT2D eigenvalue weighted by molar-refractivity contribution is 0.234. The fourth-order valence-electron chi connectivity index (χ4n) is 4.05. The van der Waals surface area contributed by atoms with Gasteiger partial charge < -0.3 is 8.85 Å². The maximum Gasteiger partial charge on any atom is 0.404 e. The molecule has 0 aromatic rings. The molecule has 0 radical (unpaired) electrons. The second kappa shape index (κ2) is 6.76. The van der Waals surface area contributed by atoms with Crippen molar-refractivity contribution in [2.45, 2.75) is 75.3 Å². The monoisotopic (exact) mass is 268 g/mol. The minimum atomic E-state index is -2.09. The minimum Gasteiger partial charge on any atom is -0.527 e. The Morgan fingerprint density at radius 2 is 1.33 bits per heavy atom. The molecule has 1 unspecified atom stereocenters. The van der Waals surface area contributed by atoms with Crippen molar-refractivity contribution in [2.24, 2.45) is 0 Å². The maximum absolute atomic E-state index is 6.14. The summed E-state index contributed by atoms with van der Waals surface area (Å²) in [6.45, 7) is 3.82. The molecule has 104 valence electrons. The third-order valence-corrected chi connectivity index (χ3v) is 9.54. The molecule has 2 aliphatic rings. The highest BCUT2D eigenvalue weighted by atomic mass is 28.4. The van der Waals surface area contributed by atoms with Crippen molar-refractivity contribution in [1.29, 1.82) is 0 Å². The van der Waals surface area contributed by atoms with E-state index in [4.69, 9.17) is 8.85 Å². The lowest BCUT2D eigenvalue weighted by Crippen LogP contribution is -2.48. The fourth-order valence-corrected chi connectivity index (χ4v) is 8.55. The van der Waals surface area contributed by atoms with Crippen LogP contribution in [0.25, 0.3) is 0 Å². The van der Waals surface area contributed by atoms with Crippen molar-refractivity contribution in [3.8, 4) is 0 Å². The summed E-state index contributed by atoms with van der Waals surface area (Å²) in [5, 5.41) is 0. The Labute approximate surface area is 113 Å². The van der Waals surface area contributed by atoms with Crippen LogP contribution in [0.1, 0.15) is 64.2 Å². The molecule has 0 aromatic heterocycles. The van der Waals surface area contributed by atoms with E-state index in [1.807, 2.05) is 7.11 Å². The molecule has 2 saturated carbocycles. The third kappa shape index (κ3) is 2.82. The van der Waals surface area contributed by atoms with Gasteiger partial charge in [0, 0.05) is 18.2 Å². The molecule has 2 aliphatic carbocycles. The van der Waals surface area contributed by atoms with Gasteiger partial charge in [0.2, 0.25) is 0 Å². The van der Waals surface area contributed by atoms with Crippen LogP contribution in [0.2, 0.25) is 11.1 Å². The van der Waals surface area contributed by atoms with Crippen LogP contribution < -0.4 is 0 Å². The molecule has 0 bridgehead atoms. The number of hydrogen-bond donors (Lipinski definition) is 0. The summed E-state index contributed by atoms with van der Waals surface area (Å²) >= 11 is 0. The predicted octanol–water partition coefficient (Wildman–Crippen LogP) is 4.90. The summed E-state index contributed by atoms with van der Waals surface area (Å²) in [5.41, 5.74) is 1.38. The molecule has 0 N–H and O–H groups in total. The molecule has 3 heteroatoms. The maximum atomic E-state index is 6.14. The van der Waals surface area contributed by atoms with Crippen molar-refractivity contribution in [3.05, 3.63) is 12.8 Å². The van der Waals surface area contributed by atoms with Gasteiger partial charge in [-0.3, -0.25) is 0 Å². The highest BCUT2D eigenvalue weighted by Gasteiger charge is 2.53. The summed E-state index contributed by atoms with van der Waals surface area (Å²) in [5.74, 6) is 0. The van der Waals surface area contributed by atoms with Crippen molar-refractivity contribution in [1.82, 2.24) is 0 Å². The zero-order valence-electron chi connectivity index (χ0n) is 11.8. The van der Waals surface area contributed by atoms with E-state index in [1.54, 1.807) is 6.26 Å². The molecular formula is C15H28O2Si. The van der Waals surface area contributed by atoms with Gasteiger partial charge in [-0.25, -0.2) is 0 Å². The summed E-state index contributed by atoms with van der Waals surface area (Å²) in [6, 6.07) is 0. The van der Waals surface area contributed by atoms with E-state index in [0.29, 0.717) is 11.1 Å². The van der Waals surface area contributed by atoms with Gasteiger partial charge in [0.25, 0.3) is 0 Å². The third-order valence-electron chi connectivity index (χ3n) is 4.93. The second-order valence-electron chi connectivity index (χ2n) is 5.88. The van der Waals surface area contributed by atoms with Gasteiger partial charge in [-0.1, -0.05) is 45.1 Å². The molecule has 0 aliphatic heterocycles. The summed E-state index contributed by atoms with van der Waals surface area (Å²) in [4.78, 5) is 0. The minimum absolute atomic E-state index is 0.686. The van der Waals surface area contributed by atoms with E-state index in [2.05, 4.69) is 6.58 Å². The SMILES string of the molecule is C=CO[Si](OC)(C1CCCCCC1)C1CCCC1. The molecule has 0 amide bonds. The van der Waals surface area contributed by atoms with E-state index in [0.717, 1.165) is 0 Å². The van der Waals surface area contributed by atoms with Crippen LogP contribution in [-0.2, 0) is 8.85 Å². The molecule has 0 spiro atoms. The Morgan fingerprint density at radius 3 is 1.72 bits per heavy atom. The van der Waals surface area contributed by atoms with Crippen LogP contribution in [0, 0.1) is 0 Å². The van der Waals surface area contributed by atoms with Crippen molar-refractivity contribution >= 4 is 8.56 Å². The van der Waals surface area contributed by atoms with Gasteiger partial charge in [0.05, 0.1) is 6.26 Å². The molecular weight excluding hydrogens is 240 g/mol. The Hall–Kier alpha value is -0.283. The van der Waals surface area contributed by atoms with Crippen LogP contribution in [0.5, 0.6) is 0 Å². The average molecular weight is 268 g/mol. The molecule has 1 atom stereocenters. The quantitative estimate of drug-likeness (QED) is 0.401. The van der Waals surface area contributed by atoms with Gasteiger partial charge in [-0.05, 0) is 25.7 Å². The van der Waals surface area contributed by atoms with Crippen LogP contribution in [0.15, 0.2) is 12.8 Å². The predicted molar refractivity (Wildman–Crippen MR) is 77.7 cm³/mol. The molecule has 2 rings (SSSR count). The highest BCUT2D eigenvalue weighted by molar-refractivity contribution is 6.70. The van der Waals surface area contributed by atoms with Crippen LogP contribution in [0.4, 0.5) is 0 Å². The Morgan fingerprint density at radius 1 is 0.889 bits per heavy atom. The standard InChI is InChI=1S/C15H28O2Si/c1-3-17-18(16-2,15-12-8-9-13-15)14-10-6-4-5-7-11-14/h3,14-15H,1,4-13H2,2H3. The van der Waals surface area contributed by atoms with Crippen molar-refractivity contribution in [3.63, 3.8) is 0 Å². The van der Waals surface area contributed by atoms with E-state index in [9.17, 15) is 0 Å². The first kappa shape index (κ1) is 14.1. The van der Waals surface area contributed by atoms with Crippen LogP contribution in [-0.4, -0.2) is 15.7 Å². The largest absolute Gasteiger partial charge is 0.527 e. The molecule has 18 heavy (non-hydrogen) atoms. The first-order valence-corrected chi connectivity index (χ1v) is 9.64. The lowest BCUT2D eigenvalue weighted by Gasteiger charge is -2.39. The molecule has 0 aromatic carbocycles. The Balaban J connectivity index is 2.17. The van der Waals surface area contributed by atoms with E-state index in [-0.39, 0.29) is 0 Å². The summed E-state index contributed by atoms with van der Waals surface area (Å²) in [7, 11) is -0.198. The highest BCUT2D eigenvalue weighted by Crippen LogP contribution is 2.49. The van der Waals surface area contributed by atoms with E-state index < -0.39 is 8.56 Å². The van der Waals surface area contributed by atoms with Gasteiger partial charge >= 0.3 is 8.56 Å². The first-order valence-electron chi connectivity index (χ1n) is 7.67. The van der Waals surface area contributed by atoms with Crippen molar-refractivity contribution in [2.75, 3.05) is 7.11 Å². The smallest absolute Gasteiger partial charge is 0.404 e. The van der Waals surface area contributed by atoms with Crippen LogP contribution >= 0.6 is 0 Å². The van der Waals surface area contributed by atoms with Crippen LogP contribution in [0.3, 0.4) is 0 Å². The number of hydrogen-bond acceptors (Lipinski definition) is 2. The normalized spacial score (nSPS) is 26.5. The van der Waals surface area contributed by atoms with E-state index >= 15 is 0 Å². The van der Waals surface area contributed by atoms with Gasteiger partial charge in [0.15, 0.2) is 0 Å². The van der Waals surface area contributed by atoms with Crippen molar-refractivity contribution < 1.29 is 8.85 Å². The van der Waals surface area contributed by atoms with Gasteiger partial charge in [0.1, 0.15) is 0 Å². The fraction of sp³-hybridized carbons (Fsp3) is 0.867. The summed E-state index contributed by atoms with van der Waals surface area (Å²) in [6.07, 6.45) is 15.1. The second-order valence-corrected chi connectivity index (χ2v) is 9.60. The molecule has 2 nitrogen and oxygen atoms in total. The number of rotatable bonds is 5. The van der Waals surface area contributed by atoms with E-state index in [1.165, 1.54) is 64.2 Å². The molecule has 2 fully saturated rings.